The second-order valence-corrected chi connectivity index (χ2v) is 4.70. The first kappa shape index (κ1) is 11.8. The maximum Gasteiger partial charge on any atom is 0.180 e. The number of aromatic nitrogens is 1. The van der Waals surface area contributed by atoms with Crippen molar-refractivity contribution in [3.63, 3.8) is 0 Å². The van der Waals surface area contributed by atoms with E-state index in [-0.39, 0.29) is 0 Å². The Morgan fingerprint density at radius 2 is 2.31 bits per heavy atom. The summed E-state index contributed by atoms with van der Waals surface area (Å²) in [5, 5.41) is 6.01. The molecule has 2 rings (SSSR count). The molecule has 0 aromatic carbocycles. The van der Waals surface area contributed by atoms with Crippen LogP contribution in [0, 0.1) is 0 Å². The van der Waals surface area contributed by atoms with E-state index in [1.165, 1.54) is 11.3 Å². The second kappa shape index (κ2) is 6.15. The molecule has 3 N–H and O–H groups in total. The van der Waals surface area contributed by atoms with Crippen molar-refractivity contribution in [1.29, 1.82) is 0 Å². The molecule has 0 amide bonds. The number of hydrogen-bond acceptors (Lipinski definition) is 6. The Hall–Kier alpha value is -0.690. The van der Waals surface area contributed by atoms with E-state index in [4.69, 9.17) is 10.5 Å². The van der Waals surface area contributed by atoms with Gasteiger partial charge < -0.3 is 15.8 Å². The molecule has 1 aliphatic rings. The lowest BCUT2D eigenvalue weighted by Gasteiger charge is -2.26. The molecular weight excluding hydrogens is 224 g/mol. The van der Waals surface area contributed by atoms with E-state index in [9.17, 15) is 0 Å². The number of ether oxygens (including phenoxy) is 1. The van der Waals surface area contributed by atoms with Gasteiger partial charge >= 0.3 is 0 Å². The molecule has 90 valence electrons. The third kappa shape index (κ3) is 3.71. The zero-order chi connectivity index (χ0) is 11.2. The molecule has 1 aromatic heterocycles. The minimum absolute atomic E-state index is 0.643. The maximum atomic E-state index is 5.56. The Bertz CT molecular complexity index is 312. The van der Waals surface area contributed by atoms with Gasteiger partial charge in [-0.3, -0.25) is 4.90 Å². The minimum Gasteiger partial charge on any atom is -0.379 e. The van der Waals surface area contributed by atoms with Gasteiger partial charge in [-0.1, -0.05) is 0 Å². The summed E-state index contributed by atoms with van der Waals surface area (Å²) in [7, 11) is 0. The largest absolute Gasteiger partial charge is 0.379 e. The van der Waals surface area contributed by atoms with Gasteiger partial charge in [-0.2, -0.15) is 0 Å². The van der Waals surface area contributed by atoms with Gasteiger partial charge in [0.2, 0.25) is 0 Å². The highest BCUT2D eigenvalue weighted by atomic mass is 32.1. The standard InChI is InChI=1S/C10H18N4OS/c11-10-13-9(8-16-10)7-12-1-2-14-3-5-15-6-4-14/h8,12H,1-7H2,(H2,11,13). The van der Waals surface area contributed by atoms with E-state index in [1.54, 1.807) is 0 Å². The Morgan fingerprint density at radius 1 is 1.50 bits per heavy atom. The molecule has 1 fully saturated rings. The summed E-state index contributed by atoms with van der Waals surface area (Å²) in [5.41, 5.74) is 6.59. The Morgan fingerprint density at radius 3 is 3.00 bits per heavy atom. The highest BCUT2D eigenvalue weighted by molar-refractivity contribution is 7.13. The van der Waals surface area contributed by atoms with Gasteiger partial charge in [-0.25, -0.2) is 4.98 Å². The molecule has 1 aliphatic heterocycles. The van der Waals surface area contributed by atoms with E-state index in [0.29, 0.717) is 5.13 Å². The van der Waals surface area contributed by atoms with E-state index >= 15 is 0 Å². The number of nitrogens with one attached hydrogen (secondary N) is 1. The van der Waals surface area contributed by atoms with Crippen LogP contribution in [0.5, 0.6) is 0 Å². The molecule has 5 nitrogen and oxygen atoms in total. The van der Waals surface area contributed by atoms with Crippen molar-refractivity contribution in [3.05, 3.63) is 11.1 Å². The number of nitrogen functional groups attached to an aromatic ring is 1. The van der Waals surface area contributed by atoms with Gasteiger partial charge in [-0.15, -0.1) is 11.3 Å². The fourth-order valence-electron chi connectivity index (χ4n) is 1.68. The first-order valence-corrected chi connectivity index (χ1v) is 6.43. The van der Waals surface area contributed by atoms with E-state index in [1.807, 2.05) is 5.38 Å². The average molecular weight is 242 g/mol. The topological polar surface area (TPSA) is 63.4 Å². The highest BCUT2D eigenvalue weighted by Crippen LogP contribution is 2.10. The summed E-state index contributed by atoms with van der Waals surface area (Å²) in [5.74, 6) is 0. The van der Waals surface area contributed by atoms with Crippen LogP contribution in [0.3, 0.4) is 0 Å². The van der Waals surface area contributed by atoms with Crippen LogP contribution in [0.2, 0.25) is 0 Å². The van der Waals surface area contributed by atoms with Crippen LogP contribution in [0.4, 0.5) is 5.13 Å². The summed E-state index contributed by atoms with van der Waals surface area (Å²) in [6, 6.07) is 0. The molecule has 0 spiro atoms. The summed E-state index contributed by atoms with van der Waals surface area (Å²) < 4.78 is 5.29. The van der Waals surface area contributed by atoms with Crippen LogP contribution >= 0.6 is 11.3 Å². The Labute approximate surface area is 99.6 Å². The molecule has 6 heteroatoms. The third-order valence-electron chi connectivity index (χ3n) is 2.58. The highest BCUT2D eigenvalue weighted by Gasteiger charge is 2.08. The van der Waals surface area contributed by atoms with E-state index < -0.39 is 0 Å². The van der Waals surface area contributed by atoms with Crippen molar-refractivity contribution < 1.29 is 4.74 Å². The number of anilines is 1. The zero-order valence-electron chi connectivity index (χ0n) is 9.32. The summed E-state index contributed by atoms with van der Waals surface area (Å²) in [4.78, 5) is 6.60. The van der Waals surface area contributed by atoms with Crippen LogP contribution in [0.25, 0.3) is 0 Å². The van der Waals surface area contributed by atoms with Crippen molar-refractivity contribution in [3.8, 4) is 0 Å². The van der Waals surface area contributed by atoms with Gasteiger partial charge in [0.1, 0.15) is 0 Å². The fourth-order valence-corrected chi connectivity index (χ4v) is 2.25. The van der Waals surface area contributed by atoms with Crippen molar-refractivity contribution in [2.24, 2.45) is 0 Å². The van der Waals surface area contributed by atoms with E-state index in [0.717, 1.165) is 51.6 Å². The number of nitrogens with two attached hydrogens (primary N) is 1. The van der Waals surface area contributed by atoms with Gasteiger partial charge in [0.05, 0.1) is 18.9 Å². The van der Waals surface area contributed by atoms with Gasteiger partial charge in [-0.05, 0) is 0 Å². The van der Waals surface area contributed by atoms with E-state index in [2.05, 4.69) is 15.2 Å². The molecular formula is C10H18N4OS. The maximum absolute atomic E-state index is 5.56. The van der Waals surface area contributed by atoms with Crippen LogP contribution in [0.1, 0.15) is 5.69 Å². The molecule has 1 saturated heterocycles. The van der Waals surface area contributed by atoms with Crippen LogP contribution in [-0.2, 0) is 11.3 Å². The smallest absolute Gasteiger partial charge is 0.180 e. The first-order chi connectivity index (χ1) is 7.84. The fraction of sp³-hybridized carbons (Fsp3) is 0.700. The van der Waals surface area contributed by atoms with Gasteiger partial charge in [0.15, 0.2) is 5.13 Å². The molecule has 0 radical (unpaired) electrons. The lowest BCUT2D eigenvalue weighted by Crippen LogP contribution is -2.40. The Kier molecular flexibility index (Phi) is 4.53. The lowest BCUT2D eigenvalue weighted by atomic mass is 10.4. The normalized spacial score (nSPS) is 17.8. The minimum atomic E-state index is 0.643. The third-order valence-corrected chi connectivity index (χ3v) is 3.31. The van der Waals surface area contributed by atoms with Crippen molar-refractivity contribution in [2.75, 3.05) is 45.1 Å². The molecule has 0 bridgehead atoms. The van der Waals surface area contributed by atoms with Crippen LogP contribution < -0.4 is 11.1 Å². The predicted octanol–water partition coefficient (Wildman–Crippen LogP) is 0.147. The van der Waals surface area contributed by atoms with Crippen molar-refractivity contribution in [1.82, 2.24) is 15.2 Å². The Balaban J connectivity index is 1.57. The number of nitrogens with zero attached hydrogens (tertiary/aromatic N) is 2. The first-order valence-electron chi connectivity index (χ1n) is 5.55. The molecule has 2 heterocycles. The number of morpholine rings is 1. The van der Waals surface area contributed by atoms with Crippen molar-refractivity contribution in [2.45, 2.75) is 6.54 Å². The summed E-state index contributed by atoms with van der Waals surface area (Å²) >= 11 is 1.49. The number of hydrogen-bond donors (Lipinski definition) is 2. The molecule has 16 heavy (non-hydrogen) atoms. The van der Waals surface area contributed by atoms with Crippen LogP contribution in [0.15, 0.2) is 5.38 Å². The molecule has 0 unspecified atom stereocenters. The quantitative estimate of drug-likeness (QED) is 0.720. The van der Waals surface area contributed by atoms with Crippen molar-refractivity contribution >= 4 is 16.5 Å². The second-order valence-electron chi connectivity index (χ2n) is 3.81. The summed E-state index contributed by atoms with van der Waals surface area (Å²) in [6.07, 6.45) is 0. The SMILES string of the molecule is Nc1nc(CNCCN2CCOCC2)cs1. The number of thiazole rings is 1. The predicted molar refractivity (Wildman–Crippen MR) is 65.5 cm³/mol. The molecule has 1 aromatic rings. The zero-order valence-corrected chi connectivity index (χ0v) is 10.1. The molecule has 0 atom stereocenters. The molecule has 0 aliphatic carbocycles. The summed E-state index contributed by atoms with van der Waals surface area (Å²) in [6.45, 7) is 6.68. The molecule has 0 saturated carbocycles. The van der Waals surface area contributed by atoms with Gasteiger partial charge in [0.25, 0.3) is 0 Å². The van der Waals surface area contributed by atoms with Gasteiger partial charge in [0, 0.05) is 38.1 Å². The lowest BCUT2D eigenvalue weighted by molar-refractivity contribution is 0.0384. The monoisotopic (exact) mass is 242 g/mol. The number of rotatable bonds is 5. The average Bonchev–Trinajstić information content (AvgIpc) is 2.72. The van der Waals surface area contributed by atoms with Crippen LogP contribution in [-0.4, -0.2) is 49.3 Å².